The number of carbonyl (C=O) groups excluding carboxylic acids is 3. The Labute approximate surface area is 235 Å². The van der Waals surface area contributed by atoms with Crippen LogP contribution in [0.5, 0.6) is 11.5 Å². The molecule has 2 atom stereocenters. The average molecular weight is 570 g/mol. The van der Waals surface area contributed by atoms with Crippen LogP contribution in [-0.4, -0.2) is 112 Å². The number of phenols is 2. The first kappa shape index (κ1) is 28.8. The van der Waals surface area contributed by atoms with Crippen molar-refractivity contribution >= 4 is 44.6 Å². The fourth-order valence-corrected chi connectivity index (χ4v) is 5.43. The largest absolute Gasteiger partial charge is 0.508 e. The quantitative estimate of drug-likeness (QED) is 0.102. The summed E-state index contributed by atoms with van der Waals surface area (Å²) in [6.45, 7) is 1.63. The van der Waals surface area contributed by atoms with E-state index in [0.717, 1.165) is 12.7 Å². The predicted octanol–water partition coefficient (Wildman–Crippen LogP) is -4.08. The molecule has 3 aliphatic rings. The number of hydrogen-bond donors (Lipinski definition) is 7. The molecule has 0 radical (unpaired) electrons. The van der Waals surface area contributed by atoms with Crippen LogP contribution in [0.2, 0.25) is 0 Å². The lowest BCUT2D eigenvalue weighted by atomic mass is 9.68. The van der Waals surface area contributed by atoms with Gasteiger partial charge >= 0.3 is 0 Å². The van der Waals surface area contributed by atoms with Gasteiger partial charge in [-0.25, -0.2) is 4.39 Å². The molecule has 216 valence electrons. The lowest BCUT2D eigenvalue weighted by Crippen LogP contribution is -2.79. The molecule has 2 saturated heterocycles. The summed E-state index contributed by atoms with van der Waals surface area (Å²) in [4.78, 5) is 40.7. The van der Waals surface area contributed by atoms with Crippen LogP contribution in [0.15, 0.2) is 18.2 Å². The van der Waals surface area contributed by atoms with E-state index >= 15 is 4.39 Å². The van der Waals surface area contributed by atoms with Gasteiger partial charge in [0.1, 0.15) is 25.2 Å². The number of carbonyl (C=O) groups is 3. The third kappa shape index (κ3) is 4.61. The van der Waals surface area contributed by atoms with Gasteiger partial charge in [-0.15, -0.1) is 0 Å². The number of nitrogens with one attached hydrogen (secondary N) is 2. The number of aromatic hydroxyl groups is 2. The molecule has 41 heavy (non-hydrogen) atoms. The summed E-state index contributed by atoms with van der Waals surface area (Å²) >= 11 is 0. The maximum atomic E-state index is 15.7. The third-order valence-electron chi connectivity index (χ3n) is 8.09. The van der Waals surface area contributed by atoms with Gasteiger partial charge in [-0.1, -0.05) is 6.07 Å². The summed E-state index contributed by atoms with van der Waals surface area (Å²) in [5.74, 6) is -8.12. The van der Waals surface area contributed by atoms with Crippen LogP contribution in [0.4, 0.5) is 10.1 Å². The minimum Gasteiger partial charge on any atom is -0.508 e. The third-order valence-corrected chi connectivity index (χ3v) is 8.09. The maximum Gasteiger partial charge on any atom is 0.255 e. The van der Waals surface area contributed by atoms with Gasteiger partial charge in [-0.2, -0.15) is 0 Å². The van der Waals surface area contributed by atoms with Crippen molar-refractivity contribution in [3.8, 4) is 11.5 Å². The molecule has 3 heterocycles. The van der Waals surface area contributed by atoms with Crippen molar-refractivity contribution in [2.24, 2.45) is 0 Å². The number of piperidine rings is 1. The van der Waals surface area contributed by atoms with Crippen molar-refractivity contribution in [2.75, 3.05) is 31.6 Å². The fraction of sp³-hybridized carbons (Fsp3) is 0.400. The standard InChI is InChI=1S/C25H29B2FN4O9/c26-16-18(33)12(17(28)14(19(16)34)9-31-4-6-41-7-5-31)8-29-15-3-1-2-11-13(15)10-32(22(11)36)20-21(35)30-23(37)24(27,38)25(20,39)40/h1-3,20,29,33-34,38-40H,4-10,26-27H2,(H,30,35,37). The lowest BCUT2D eigenvalue weighted by Gasteiger charge is -2.46. The van der Waals surface area contributed by atoms with Crippen LogP contribution in [0.1, 0.15) is 27.0 Å². The molecule has 2 aromatic rings. The molecule has 2 fully saturated rings. The van der Waals surface area contributed by atoms with Crippen molar-refractivity contribution in [3.05, 3.63) is 46.3 Å². The molecule has 5 rings (SSSR count). The highest BCUT2D eigenvalue weighted by atomic mass is 19.1. The number of fused-ring (bicyclic) bond motifs is 1. The van der Waals surface area contributed by atoms with Gasteiger partial charge in [-0.05, 0) is 17.6 Å². The molecular formula is C25H29B2FN4O9. The molecule has 3 aliphatic heterocycles. The van der Waals surface area contributed by atoms with Crippen LogP contribution in [-0.2, 0) is 34.0 Å². The zero-order valence-corrected chi connectivity index (χ0v) is 22.4. The Morgan fingerprint density at radius 1 is 1.10 bits per heavy atom. The number of amides is 3. The zero-order chi connectivity index (χ0) is 29.9. The van der Waals surface area contributed by atoms with Gasteiger partial charge in [0.05, 0.1) is 13.2 Å². The Morgan fingerprint density at radius 3 is 2.44 bits per heavy atom. The number of rotatable bonds is 6. The number of ether oxygens (including phenoxy) is 1. The number of morpholine rings is 1. The first-order chi connectivity index (χ1) is 19.3. The number of imide groups is 1. The molecule has 3 amide bonds. The van der Waals surface area contributed by atoms with E-state index in [9.17, 15) is 39.9 Å². The second-order valence-electron chi connectivity index (χ2n) is 10.6. The number of hydrogen-bond acceptors (Lipinski definition) is 11. The monoisotopic (exact) mass is 570 g/mol. The molecule has 0 aliphatic carbocycles. The maximum absolute atomic E-state index is 15.7. The Morgan fingerprint density at radius 2 is 1.76 bits per heavy atom. The van der Waals surface area contributed by atoms with Crippen molar-refractivity contribution < 1.29 is 49.0 Å². The van der Waals surface area contributed by atoms with Crippen LogP contribution < -0.4 is 16.1 Å². The number of nitrogens with zero attached hydrogens (tertiary/aromatic N) is 2. The van der Waals surface area contributed by atoms with Crippen LogP contribution in [0.25, 0.3) is 0 Å². The summed E-state index contributed by atoms with van der Waals surface area (Å²) in [6.07, 6.45) is 0. The molecule has 0 spiro atoms. The molecular weight excluding hydrogens is 541 g/mol. The smallest absolute Gasteiger partial charge is 0.255 e. The Bertz CT molecular complexity index is 1450. The van der Waals surface area contributed by atoms with Crippen LogP contribution >= 0.6 is 0 Å². The number of phenolic OH excluding ortho intramolecular Hbond substituents is 2. The second kappa shape index (κ2) is 10.3. The Hall–Kier alpha value is -3.69. The predicted molar refractivity (Wildman–Crippen MR) is 145 cm³/mol. The Kier molecular flexibility index (Phi) is 7.24. The van der Waals surface area contributed by atoms with E-state index in [2.05, 4.69) is 5.32 Å². The van der Waals surface area contributed by atoms with Crippen molar-refractivity contribution in [2.45, 2.75) is 37.0 Å². The molecule has 0 saturated carbocycles. The van der Waals surface area contributed by atoms with E-state index in [1.54, 1.807) is 6.07 Å². The van der Waals surface area contributed by atoms with E-state index in [-0.39, 0.29) is 47.5 Å². The second-order valence-corrected chi connectivity index (χ2v) is 10.6. The molecule has 16 heteroatoms. The van der Waals surface area contributed by atoms with Crippen LogP contribution in [0, 0.1) is 5.82 Å². The van der Waals surface area contributed by atoms with Crippen molar-refractivity contribution in [1.29, 1.82) is 0 Å². The topological polar surface area (TPSA) is 192 Å². The summed E-state index contributed by atoms with van der Waals surface area (Å²) in [5, 5.41) is 57.8. The molecule has 0 bridgehead atoms. The molecule has 2 unspecified atom stereocenters. The molecule has 7 N–H and O–H groups in total. The van der Waals surface area contributed by atoms with Gasteiger partial charge in [0, 0.05) is 60.7 Å². The molecule has 0 aromatic heterocycles. The van der Waals surface area contributed by atoms with Gasteiger partial charge in [0.25, 0.3) is 17.7 Å². The van der Waals surface area contributed by atoms with E-state index in [0.29, 0.717) is 37.6 Å². The van der Waals surface area contributed by atoms with Crippen LogP contribution in [0.3, 0.4) is 0 Å². The number of benzene rings is 2. The van der Waals surface area contributed by atoms with Crippen molar-refractivity contribution in [1.82, 2.24) is 15.1 Å². The zero-order valence-electron chi connectivity index (χ0n) is 22.4. The van der Waals surface area contributed by atoms with Gasteiger partial charge in [0.15, 0.2) is 19.4 Å². The fourth-order valence-electron chi connectivity index (χ4n) is 5.43. The van der Waals surface area contributed by atoms with E-state index in [1.807, 2.05) is 10.2 Å². The molecule has 2 aromatic carbocycles. The summed E-state index contributed by atoms with van der Waals surface area (Å²) in [5.41, 5.74) is -1.99. The lowest BCUT2D eigenvalue weighted by molar-refractivity contribution is -0.267. The van der Waals surface area contributed by atoms with Crippen molar-refractivity contribution in [3.63, 3.8) is 0 Å². The number of anilines is 1. The number of aliphatic hydroxyl groups is 3. The summed E-state index contributed by atoms with van der Waals surface area (Å²) < 4.78 is 21.0. The highest BCUT2D eigenvalue weighted by Crippen LogP contribution is 2.37. The average Bonchev–Trinajstić information content (AvgIpc) is 3.26. The summed E-state index contributed by atoms with van der Waals surface area (Å²) in [6, 6.07) is 2.54. The van der Waals surface area contributed by atoms with E-state index in [4.69, 9.17) is 4.74 Å². The first-order valence-corrected chi connectivity index (χ1v) is 13.0. The minimum absolute atomic E-state index is 0.0331. The van der Waals surface area contributed by atoms with E-state index in [1.165, 1.54) is 20.0 Å². The van der Waals surface area contributed by atoms with Gasteiger partial charge in [-0.3, -0.25) is 24.6 Å². The first-order valence-electron chi connectivity index (χ1n) is 13.0. The highest BCUT2D eigenvalue weighted by molar-refractivity contribution is 6.36. The molecule has 13 nitrogen and oxygen atoms in total. The highest BCUT2D eigenvalue weighted by Gasteiger charge is 2.64. The van der Waals surface area contributed by atoms with Gasteiger partial charge < -0.3 is 40.5 Å². The summed E-state index contributed by atoms with van der Waals surface area (Å²) in [7, 11) is 2.29. The van der Waals surface area contributed by atoms with E-state index < -0.39 is 46.6 Å². The number of halogens is 1. The SMILES string of the molecule is Bc1c(O)c(CNc2cccc3c2CN(C2C(=O)NC(=O)C(B)(O)C2(O)O)C3=O)c(F)c(CN2CCOCC2)c1O. The minimum atomic E-state index is -3.30. The Balaban J connectivity index is 1.42. The normalized spacial score (nSPS) is 24.3. The van der Waals surface area contributed by atoms with Gasteiger partial charge in [0.2, 0.25) is 5.79 Å².